The standard InChI is InChI=1S/C14H19F3N4O/c1-21-12(14(15,16)17)5-9(20-21)6-19-13(22)8-2-7-4-11(18)10(7)3-8/h5,7-8,10-11H,2-4,6,18H2,1H3,(H,19,22). The number of nitrogens with zero attached hydrogens (tertiary/aromatic N) is 2. The van der Waals surface area contributed by atoms with Crippen molar-refractivity contribution in [3.63, 3.8) is 0 Å². The summed E-state index contributed by atoms with van der Waals surface area (Å²) in [5, 5.41) is 6.49. The van der Waals surface area contributed by atoms with Gasteiger partial charge in [-0.15, -0.1) is 0 Å². The van der Waals surface area contributed by atoms with Crippen LogP contribution >= 0.6 is 0 Å². The van der Waals surface area contributed by atoms with Crippen molar-refractivity contribution in [2.75, 3.05) is 0 Å². The van der Waals surface area contributed by atoms with Crippen LogP contribution in [0.1, 0.15) is 30.7 Å². The molecule has 2 aliphatic carbocycles. The molecule has 8 heteroatoms. The van der Waals surface area contributed by atoms with Gasteiger partial charge in [-0.25, -0.2) is 0 Å². The first kappa shape index (κ1) is 15.3. The molecule has 0 bridgehead atoms. The second-order valence-electron chi connectivity index (χ2n) is 6.35. The van der Waals surface area contributed by atoms with Crippen molar-refractivity contribution in [2.45, 2.75) is 38.0 Å². The molecule has 2 saturated carbocycles. The van der Waals surface area contributed by atoms with E-state index in [2.05, 4.69) is 10.4 Å². The fourth-order valence-corrected chi connectivity index (χ4v) is 3.70. The molecule has 2 aliphatic rings. The molecule has 0 saturated heterocycles. The lowest BCUT2D eigenvalue weighted by Gasteiger charge is -2.37. The Labute approximate surface area is 126 Å². The number of nitrogens with one attached hydrogen (secondary N) is 1. The SMILES string of the molecule is Cn1nc(CNC(=O)C2CC3CC(N)C3C2)cc1C(F)(F)F. The van der Waals surface area contributed by atoms with Gasteiger partial charge in [-0.3, -0.25) is 9.48 Å². The second kappa shape index (κ2) is 5.26. The molecule has 1 aromatic heterocycles. The predicted molar refractivity (Wildman–Crippen MR) is 72.4 cm³/mol. The second-order valence-corrected chi connectivity index (χ2v) is 6.35. The van der Waals surface area contributed by atoms with Gasteiger partial charge < -0.3 is 11.1 Å². The summed E-state index contributed by atoms with van der Waals surface area (Å²) < 4.78 is 38.8. The summed E-state index contributed by atoms with van der Waals surface area (Å²) in [5.41, 5.74) is 5.29. The largest absolute Gasteiger partial charge is 0.433 e. The maximum atomic E-state index is 12.7. The Bertz CT molecular complexity index is 583. The lowest BCUT2D eigenvalue weighted by molar-refractivity contribution is -0.143. The van der Waals surface area contributed by atoms with E-state index in [9.17, 15) is 18.0 Å². The number of rotatable bonds is 3. The maximum Gasteiger partial charge on any atom is 0.433 e. The van der Waals surface area contributed by atoms with Gasteiger partial charge in [-0.1, -0.05) is 0 Å². The monoisotopic (exact) mass is 316 g/mol. The first-order valence-corrected chi connectivity index (χ1v) is 7.39. The summed E-state index contributed by atoms with van der Waals surface area (Å²) in [6.07, 6.45) is -1.84. The van der Waals surface area contributed by atoms with Crippen LogP contribution in [-0.4, -0.2) is 21.7 Å². The summed E-state index contributed by atoms with van der Waals surface area (Å²) >= 11 is 0. The van der Waals surface area contributed by atoms with Gasteiger partial charge in [0.15, 0.2) is 0 Å². The molecular weight excluding hydrogens is 297 g/mol. The molecule has 3 rings (SSSR count). The van der Waals surface area contributed by atoms with Gasteiger partial charge in [0.05, 0.1) is 12.2 Å². The lowest BCUT2D eigenvalue weighted by atomic mass is 9.72. The molecule has 22 heavy (non-hydrogen) atoms. The number of alkyl halides is 3. The van der Waals surface area contributed by atoms with E-state index in [0.717, 1.165) is 30.0 Å². The van der Waals surface area contributed by atoms with Gasteiger partial charge in [-0.2, -0.15) is 18.3 Å². The summed E-state index contributed by atoms with van der Waals surface area (Å²) in [5.74, 6) is 0.787. The summed E-state index contributed by atoms with van der Waals surface area (Å²) in [6.45, 7) is 0.0145. The molecule has 2 fully saturated rings. The van der Waals surface area contributed by atoms with E-state index in [-0.39, 0.29) is 30.1 Å². The van der Waals surface area contributed by atoms with Crippen LogP contribution in [0.25, 0.3) is 0 Å². The van der Waals surface area contributed by atoms with Crippen molar-refractivity contribution in [2.24, 2.45) is 30.5 Å². The number of hydrogen-bond donors (Lipinski definition) is 2. The first-order chi connectivity index (χ1) is 10.3. The normalized spacial score (nSPS) is 30.8. The molecule has 0 aromatic carbocycles. The van der Waals surface area contributed by atoms with Crippen LogP contribution < -0.4 is 11.1 Å². The van der Waals surface area contributed by atoms with Crippen LogP contribution in [0.5, 0.6) is 0 Å². The fourth-order valence-electron chi connectivity index (χ4n) is 3.70. The van der Waals surface area contributed by atoms with Gasteiger partial charge in [0.2, 0.25) is 5.91 Å². The molecule has 122 valence electrons. The first-order valence-electron chi connectivity index (χ1n) is 7.39. The lowest BCUT2D eigenvalue weighted by Crippen LogP contribution is -2.44. The average molecular weight is 316 g/mol. The zero-order valence-corrected chi connectivity index (χ0v) is 12.2. The topological polar surface area (TPSA) is 72.9 Å². The Balaban J connectivity index is 1.56. The summed E-state index contributed by atoms with van der Waals surface area (Å²) in [7, 11) is 1.24. The molecule has 1 heterocycles. The van der Waals surface area contributed by atoms with Gasteiger partial charge in [0.1, 0.15) is 5.69 Å². The van der Waals surface area contributed by atoms with Gasteiger partial charge in [0.25, 0.3) is 0 Å². The van der Waals surface area contributed by atoms with Crippen molar-refractivity contribution >= 4 is 5.91 Å². The van der Waals surface area contributed by atoms with E-state index in [1.807, 2.05) is 0 Å². The highest BCUT2D eigenvalue weighted by Gasteiger charge is 2.47. The van der Waals surface area contributed by atoms with E-state index in [0.29, 0.717) is 11.8 Å². The maximum absolute atomic E-state index is 12.7. The van der Waals surface area contributed by atoms with E-state index in [4.69, 9.17) is 5.73 Å². The number of halogens is 3. The minimum Gasteiger partial charge on any atom is -0.350 e. The summed E-state index contributed by atoms with van der Waals surface area (Å²) in [4.78, 5) is 12.1. The van der Waals surface area contributed by atoms with E-state index >= 15 is 0 Å². The Morgan fingerprint density at radius 2 is 2.18 bits per heavy atom. The molecule has 0 radical (unpaired) electrons. The predicted octanol–water partition coefficient (Wildman–Crippen LogP) is 1.43. The molecule has 5 nitrogen and oxygen atoms in total. The van der Waals surface area contributed by atoms with E-state index < -0.39 is 11.9 Å². The molecule has 1 aromatic rings. The molecular formula is C14H19F3N4O. The minimum atomic E-state index is -4.44. The van der Waals surface area contributed by atoms with Crippen LogP contribution in [0, 0.1) is 17.8 Å². The van der Waals surface area contributed by atoms with E-state index in [1.165, 1.54) is 7.05 Å². The molecule has 1 amide bonds. The number of aryl methyl sites for hydroxylation is 1. The van der Waals surface area contributed by atoms with Crippen molar-refractivity contribution < 1.29 is 18.0 Å². The van der Waals surface area contributed by atoms with E-state index in [1.54, 1.807) is 0 Å². The van der Waals surface area contributed by atoms with Crippen LogP contribution in [-0.2, 0) is 24.6 Å². The number of carbonyl (C=O) groups excluding carboxylic acids is 1. The van der Waals surface area contributed by atoms with Gasteiger partial charge in [-0.05, 0) is 37.2 Å². The van der Waals surface area contributed by atoms with Crippen molar-refractivity contribution in [3.05, 3.63) is 17.5 Å². The zero-order chi connectivity index (χ0) is 16.1. The van der Waals surface area contributed by atoms with Crippen LogP contribution in [0.2, 0.25) is 0 Å². The third-order valence-corrected chi connectivity index (χ3v) is 4.91. The highest BCUT2D eigenvalue weighted by molar-refractivity contribution is 5.79. The molecule has 0 spiro atoms. The Morgan fingerprint density at radius 3 is 2.73 bits per heavy atom. The number of fused-ring (bicyclic) bond motifs is 1. The Kier molecular flexibility index (Phi) is 3.66. The molecule has 0 aliphatic heterocycles. The molecule has 4 unspecified atom stereocenters. The van der Waals surface area contributed by atoms with Crippen molar-refractivity contribution in [1.82, 2.24) is 15.1 Å². The zero-order valence-electron chi connectivity index (χ0n) is 12.2. The fraction of sp³-hybridized carbons (Fsp3) is 0.714. The van der Waals surface area contributed by atoms with Gasteiger partial charge >= 0.3 is 6.18 Å². The van der Waals surface area contributed by atoms with Crippen LogP contribution in [0.4, 0.5) is 13.2 Å². The molecule has 3 N–H and O–H groups in total. The average Bonchev–Trinajstić information content (AvgIpc) is 2.96. The number of amides is 1. The Hall–Kier alpha value is -1.57. The highest BCUT2D eigenvalue weighted by Crippen LogP contribution is 2.48. The number of hydrogen-bond acceptors (Lipinski definition) is 3. The summed E-state index contributed by atoms with van der Waals surface area (Å²) in [6, 6.07) is 1.17. The number of aromatic nitrogens is 2. The Morgan fingerprint density at radius 1 is 1.45 bits per heavy atom. The van der Waals surface area contributed by atoms with Crippen LogP contribution in [0.15, 0.2) is 6.07 Å². The minimum absolute atomic E-state index is 0.0145. The van der Waals surface area contributed by atoms with Crippen molar-refractivity contribution in [3.8, 4) is 0 Å². The number of nitrogens with two attached hydrogens (primary N) is 1. The van der Waals surface area contributed by atoms with Crippen molar-refractivity contribution in [1.29, 1.82) is 0 Å². The van der Waals surface area contributed by atoms with Gasteiger partial charge in [0, 0.05) is 19.0 Å². The third-order valence-electron chi connectivity index (χ3n) is 4.91. The molecule has 4 atom stereocenters. The number of carbonyl (C=O) groups is 1. The van der Waals surface area contributed by atoms with Crippen LogP contribution in [0.3, 0.4) is 0 Å². The smallest absolute Gasteiger partial charge is 0.350 e. The third kappa shape index (κ3) is 2.71. The highest BCUT2D eigenvalue weighted by atomic mass is 19.4. The quantitative estimate of drug-likeness (QED) is 0.886.